The molecule has 0 aromatic heterocycles. The summed E-state index contributed by atoms with van der Waals surface area (Å²) in [5.74, 6) is -1.21. The fourth-order valence-corrected chi connectivity index (χ4v) is 10.3. The molecule has 2 nitrogen and oxygen atoms in total. The highest BCUT2D eigenvalue weighted by Gasteiger charge is 2.20. The standard InChI is InChI=1S/C64H46F2N2/c1-39-9-18-47(19-10-39)67(48-20-11-40(2)12-21-48)51-26-29-56-59(35-51)53-7-5-6-8-54(53)61-37-63-57-30-27-52(68(49-22-13-41(3)14-23-49)50-24-15-42(4)16-25-50)36-60(57)55-28-17-43(33-58(55)64(63)38-62(56)61)44-31-45(65)34-46(66)32-44/h5-38H,1-4H3. The molecule has 0 amide bonds. The molecule has 0 fully saturated rings. The summed E-state index contributed by atoms with van der Waals surface area (Å²) in [6.07, 6.45) is 0. The fraction of sp³-hybridized carbons (Fsp3) is 0.0625. The van der Waals surface area contributed by atoms with E-state index in [4.69, 9.17) is 0 Å². The molecule has 0 saturated heterocycles. The lowest BCUT2D eigenvalue weighted by molar-refractivity contribution is 0.584. The molecule has 68 heavy (non-hydrogen) atoms. The zero-order chi connectivity index (χ0) is 46.2. The van der Waals surface area contributed by atoms with E-state index in [0.29, 0.717) is 5.56 Å². The van der Waals surface area contributed by atoms with Crippen molar-refractivity contribution in [2.75, 3.05) is 9.80 Å². The highest BCUT2D eigenvalue weighted by Crippen LogP contribution is 2.46. The molecular weight excluding hydrogens is 835 g/mol. The number of hydrogen-bond donors (Lipinski definition) is 0. The first-order chi connectivity index (χ1) is 33.1. The Morgan fingerprint density at radius 1 is 0.235 bits per heavy atom. The minimum Gasteiger partial charge on any atom is -0.310 e. The monoisotopic (exact) mass is 880 g/mol. The molecule has 12 aromatic rings. The predicted molar refractivity (Wildman–Crippen MR) is 285 cm³/mol. The third-order valence-corrected chi connectivity index (χ3v) is 13.7. The minimum absolute atomic E-state index is 0.493. The predicted octanol–water partition coefficient (Wildman–Crippen LogP) is 18.7. The van der Waals surface area contributed by atoms with Gasteiger partial charge in [0.25, 0.3) is 0 Å². The molecule has 0 saturated carbocycles. The molecular formula is C64H46F2N2. The number of hydrogen-bond acceptors (Lipinski definition) is 2. The first-order valence-corrected chi connectivity index (χ1v) is 23.2. The third-order valence-electron chi connectivity index (χ3n) is 13.7. The molecule has 0 bridgehead atoms. The van der Waals surface area contributed by atoms with Crippen molar-refractivity contribution in [3.8, 4) is 11.1 Å². The summed E-state index contributed by atoms with van der Waals surface area (Å²) in [4.78, 5) is 4.65. The number of fused-ring (bicyclic) bond motifs is 12. The average Bonchev–Trinajstić information content (AvgIpc) is 3.35. The second kappa shape index (κ2) is 16.2. The quantitative estimate of drug-likeness (QED) is 0.116. The first kappa shape index (κ1) is 41.1. The Morgan fingerprint density at radius 3 is 0.912 bits per heavy atom. The Balaban J connectivity index is 1.15. The van der Waals surface area contributed by atoms with Gasteiger partial charge in [0.15, 0.2) is 0 Å². The maximum absolute atomic E-state index is 14.8. The zero-order valence-corrected chi connectivity index (χ0v) is 38.3. The lowest BCUT2D eigenvalue weighted by Crippen LogP contribution is -2.10. The van der Waals surface area contributed by atoms with Gasteiger partial charge < -0.3 is 9.80 Å². The van der Waals surface area contributed by atoms with Crippen molar-refractivity contribution < 1.29 is 8.78 Å². The van der Waals surface area contributed by atoms with Crippen molar-refractivity contribution in [3.63, 3.8) is 0 Å². The van der Waals surface area contributed by atoms with Gasteiger partial charge in [-0.05, 0) is 207 Å². The van der Waals surface area contributed by atoms with E-state index >= 15 is 0 Å². The van der Waals surface area contributed by atoms with Crippen molar-refractivity contribution >= 4 is 98.8 Å². The van der Waals surface area contributed by atoms with Crippen LogP contribution < -0.4 is 9.80 Å². The van der Waals surface area contributed by atoms with E-state index in [-0.39, 0.29) is 0 Å². The number of benzene rings is 12. The second-order valence-electron chi connectivity index (χ2n) is 18.4. The fourth-order valence-electron chi connectivity index (χ4n) is 10.3. The van der Waals surface area contributed by atoms with Crippen LogP contribution in [0.4, 0.5) is 42.9 Å². The molecule has 0 radical (unpaired) electrons. The van der Waals surface area contributed by atoms with Gasteiger partial charge in [0.05, 0.1) is 0 Å². The zero-order valence-electron chi connectivity index (χ0n) is 38.3. The van der Waals surface area contributed by atoms with Crippen molar-refractivity contribution in [1.82, 2.24) is 0 Å². The molecule has 0 N–H and O–H groups in total. The van der Waals surface area contributed by atoms with Gasteiger partial charge in [-0.2, -0.15) is 0 Å². The molecule has 0 atom stereocenters. The Bertz CT molecular complexity index is 3840. The van der Waals surface area contributed by atoms with E-state index in [1.807, 2.05) is 6.07 Å². The van der Waals surface area contributed by atoms with Crippen LogP contribution >= 0.6 is 0 Å². The van der Waals surface area contributed by atoms with Crippen LogP contribution in [-0.4, -0.2) is 0 Å². The van der Waals surface area contributed by atoms with Crippen molar-refractivity contribution in [3.05, 3.63) is 240 Å². The van der Waals surface area contributed by atoms with Crippen LogP contribution in [0.5, 0.6) is 0 Å². The van der Waals surface area contributed by atoms with Gasteiger partial charge >= 0.3 is 0 Å². The van der Waals surface area contributed by atoms with Gasteiger partial charge in [-0.1, -0.05) is 119 Å². The summed E-state index contributed by atoms with van der Waals surface area (Å²) in [6, 6.07) is 71.9. The molecule has 4 heteroatoms. The molecule has 0 aliphatic carbocycles. The van der Waals surface area contributed by atoms with Crippen LogP contribution in [0, 0.1) is 39.3 Å². The average molecular weight is 881 g/mol. The SMILES string of the molecule is Cc1ccc(N(c2ccc(C)cc2)c2ccc3c(c2)c2ccccc2c2cc4c5ccc(N(c6ccc(C)cc6)c6ccc(C)cc6)cc5c5ccc(-c6cc(F)cc(F)c6)cc5c4cc32)cc1. The van der Waals surface area contributed by atoms with E-state index in [1.54, 1.807) is 0 Å². The number of anilines is 6. The van der Waals surface area contributed by atoms with Crippen molar-refractivity contribution in [2.45, 2.75) is 27.7 Å². The summed E-state index contributed by atoms with van der Waals surface area (Å²) in [5, 5.41) is 13.4. The van der Waals surface area contributed by atoms with E-state index in [0.717, 1.165) is 99.6 Å². The van der Waals surface area contributed by atoms with Crippen LogP contribution in [0.25, 0.3) is 75.8 Å². The Labute approximate surface area is 394 Å². The van der Waals surface area contributed by atoms with E-state index in [9.17, 15) is 8.78 Å². The lowest BCUT2D eigenvalue weighted by atomic mass is 9.87. The van der Waals surface area contributed by atoms with Gasteiger partial charge in [-0.25, -0.2) is 8.78 Å². The largest absolute Gasteiger partial charge is 0.310 e. The maximum Gasteiger partial charge on any atom is 0.126 e. The summed E-state index contributed by atoms with van der Waals surface area (Å²) in [7, 11) is 0. The third kappa shape index (κ3) is 7.08. The Morgan fingerprint density at radius 2 is 0.529 bits per heavy atom. The van der Waals surface area contributed by atoms with E-state index < -0.39 is 11.6 Å². The van der Waals surface area contributed by atoms with Crippen molar-refractivity contribution in [2.24, 2.45) is 0 Å². The minimum atomic E-state index is -0.604. The smallest absolute Gasteiger partial charge is 0.126 e. The summed E-state index contributed by atoms with van der Waals surface area (Å²) in [6.45, 7) is 8.46. The Kier molecular flexibility index (Phi) is 9.81. The molecule has 12 aromatic carbocycles. The number of aryl methyl sites for hydroxylation is 4. The van der Waals surface area contributed by atoms with Crippen LogP contribution in [0.3, 0.4) is 0 Å². The van der Waals surface area contributed by atoms with Crippen molar-refractivity contribution in [1.29, 1.82) is 0 Å². The highest BCUT2D eigenvalue weighted by molar-refractivity contribution is 6.33. The lowest BCUT2D eigenvalue weighted by Gasteiger charge is -2.27. The van der Waals surface area contributed by atoms with Gasteiger partial charge in [0.2, 0.25) is 0 Å². The molecule has 326 valence electrons. The van der Waals surface area contributed by atoms with Crippen LogP contribution in [0.1, 0.15) is 22.3 Å². The van der Waals surface area contributed by atoms with Gasteiger partial charge in [-0.15, -0.1) is 0 Å². The molecule has 0 aliphatic rings. The summed E-state index contributed by atoms with van der Waals surface area (Å²) < 4.78 is 29.7. The first-order valence-electron chi connectivity index (χ1n) is 23.2. The number of halogens is 2. The van der Waals surface area contributed by atoms with Gasteiger partial charge in [0.1, 0.15) is 11.6 Å². The molecule has 0 heterocycles. The van der Waals surface area contributed by atoms with E-state index in [2.05, 4.69) is 219 Å². The van der Waals surface area contributed by atoms with Crippen LogP contribution in [-0.2, 0) is 0 Å². The maximum atomic E-state index is 14.8. The van der Waals surface area contributed by atoms with E-state index in [1.165, 1.54) is 45.2 Å². The molecule has 0 spiro atoms. The number of rotatable bonds is 7. The topological polar surface area (TPSA) is 6.48 Å². The van der Waals surface area contributed by atoms with Crippen LogP contribution in [0.15, 0.2) is 206 Å². The molecule has 12 rings (SSSR count). The summed E-state index contributed by atoms with van der Waals surface area (Å²) >= 11 is 0. The van der Waals surface area contributed by atoms with Gasteiger partial charge in [-0.3, -0.25) is 0 Å². The summed E-state index contributed by atoms with van der Waals surface area (Å²) in [5.41, 5.74) is 12.5. The van der Waals surface area contributed by atoms with Gasteiger partial charge in [0, 0.05) is 40.2 Å². The molecule has 0 aliphatic heterocycles. The normalized spacial score (nSPS) is 11.7. The molecule has 0 unspecified atom stereocenters. The number of nitrogens with zero attached hydrogens (tertiary/aromatic N) is 2. The Hall–Kier alpha value is -8.34. The highest BCUT2D eigenvalue weighted by atomic mass is 19.1. The van der Waals surface area contributed by atoms with Crippen LogP contribution in [0.2, 0.25) is 0 Å². The second-order valence-corrected chi connectivity index (χ2v) is 18.4.